The fraction of sp³-hybridized carbons (Fsp3) is 0.417. The Labute approximate surface area is 113 Å². The van der Waals surface area contributed by atoms with Gasteiger partial charge in [0.2, 0.25) is 5.82 Å². The van der Waals surface area contributed by atoms with Crippen LogP contribution in [0.25, 0.3) is 11.4 Å². The van der Waals surface area contributed by atoms with Crippen LogP contribution < -0.4 is 5.73 Å². The minimum atomic E-state index is -4.68. The largest absolute Gasteiger partial charge is 0.415 e. The number of hydrogen-bond acceptors (Lipinski definition) is 5. The summed E-state index contributed by atoms with van der Waals surface area (Å²) in [5.41, 5.74) is 3.95. The van der Waals surface area contributed by atoms with Gasteiger partial charge in [0.1, 0.15) is 0 Å². The van der Waals surface area contributed by atoms with Gasteiger partial charge >= 0.3 is 6.18 Å². The summed E-state index contributed by atoms with van der Waals surface area (Å²) >= 11 is 0. The number of nitrogens with two attached hydrogens (primary N) is 1. The molecule has 5 nitrogen and oxygen atoms in total. The fourth-order valence-corrected chi connectivity index (χ4v) is 1.59. The SMILES string of the molecule is CCc1cnccc1-c1noc(C(C)(N)C(F)(F)F)n1. The minimum Gasteiger partial charge on any atom is -0.337 e. The molecule has 0 saturated carbocycles. The topological polar surface area (TPSA) is 77.8 Å². The highest BCUT2D eigenvalue weighted by atomic mass is 19.4. The molecule has 0 fully saturated rings. The van der Waals surface area contributed by atoms with Crippen molar-refractivity contribution in [2.24, 2.45) is 5.73 Å². The molecule has 0 aliphatic carbocycles. The second-order valence-corrected chi connectivity index (χ2v) is 4.51. The highest BCUT2D eigenvalue weighted by molar-refractivity contribution is 5.58. The van der Waals surface area contributed by atoms with E-state index in [1.807, 2.05) is 6.92 Å². The predicted molar refractivity (Wildman–Crippen MR) is 64.5 cm³/mol. The van der Waals surface area contributed by atoms with Gasteiger partial charge in [-0.15, -0.1) is 0 Å². The van der Waals surface area contributed by atoms with E-state index in [4.69, 9.17) is 5.73 Å². The van der Waals surface area contributed by atoms with E-state index in [9.17, 15) is 13.2 Å². The second-order valence-electron chi connectivity index (χ2n) is 4.51. The molecule has 2 aromatic rings. The van der Waals surface area contributed by atoms with Gasteiger partial charge < -0.3 is 10.3 Å². The van der Waals surface area contributed by atoms with Crippen LogP contribution in [0.2, 0.25) is 0 Å². The molecule has 0 spiro atoms. The minimum absolute atomic E-state index is 0.0696. The van der Waals surface area contributed by atoms with Gasteiger partial charge in [0.15, 0.2) is 5.54 Å². The van der Waals surface area contributed by atoms with Crippen LogP contribution in [0.5, 0.6) is 0 Å². The molecule has 2 aromatic heterocycles. The van der Waals surface area contributed by atoms with Crippen molar-refractivity contribution in [3.63, 3.8) is 0 Å². The maximum Gasteiger partial charge on any atom is 0.415 e. The molecule has 2 N–H and O–H groups in total. The van der Waals surface area contributed by atoms with Crippen molar-refractivity contribution in [3.8, 4) is 11.4 Å². The van der Waals surface area contributed by atoms with Crippen LogP contribution in [-0.2, 0) is 12.0 Å². The van der Waals surface area contributed by atoms with E-state index in [0.717, 1.165) is 12.5 Å². The Hall–Kier alpha value is -1.96. The second kappa shape index (κ2) is 4.86. The lowest BCUT2D eigenvalue weighted by molar-refractivity contribution is -0.190. The molecule has 2 heterocycles. The molecule has 0 aromatic carbocycles. The fourth-order valence-electron chi connectivity index (χ4n) is 1.59. The van der Waals surface area contributed by atoms with Crippen molar-refractivity contribution in [3.05, 3.63) is 29.9 Å². The van der Waals surface area contributed by atoms with Crippen LogP contribution in [0.1, 0.15) is 25.3 Å². The number of nitrogens with zero attached hydrogens (tertiary/aromatic N) is 3. The summed E-state index contributed by atoms with van der Waals surface area (Å²) in [5.74, 6) is -0.598. The van der Waals surface area contributed by atoms with Crippen molar-refractivity contribution in [1.29, 1.82) is 0 Å². The maximum atomic E-state index is 12.8. The van der Waals surface area contributed by atoms with Crippen LogP contribution in [0.3, 0.4) is 0 Å². The Bertz CT molecular complexity index is 607. The quantitative estimate of drug-likeness (QED) is 0.937. The van der Waals surface area contributed by atoms with E-state index in [1.165, 1.54) is 6.20 Å². The number of aryl methyl sites for hydroxylation is 1. The van der Waals surface area contributed by atoms with Crippen LogP contribution in [0.15, 0.2) is 23.0 Å². The molecule has 1 unspecified atom stereocenters. The normalized spacial score (nSPS) is 15.1. The van der Waals surface area contributed by atoms with E-state index < -0.39 is 17.6 Å². The summed E-state index contributed by atoms with van der Waals surface area (Å²) in [6.45, 7) is 2.68. The number of halogens is 3. The van der Waals surface area contributed by atoms with E-state index in [2.05, 4.69) is 19.6 Å². The van der Waals surface area contributed by atoms with Crippen LogP contribution >= 0.6 is 0 Å². The number of rotatable bonds is 3. The van der Waals surface area contributed by atoms with E-state index in [-0.39, 0.29) is 5.82 Å². The van der Waals surface area contributed by atoms with E-state index >= 15 is 0 Å². The summed E-state index contributed by atoms with van der Waals surface area (Å²) in [7, 11) is 0. The average Bonchev–Trinajstić information content (AvgIpc) is 2.87. The summed E-state index contributed by atoms with van der Waals surface area (Å²) < 4.78 is 43.1. The van der Waals surface area contributed by atoms with Crippen molar-refractivity contribution in [2.75, 3.05) is 0 Å². The van der Waals surface area contributed by atoms with Crippen LogP contribution in [-0.4, -0.2) is 21.3 Å². The molecule has 0 radical (unpaired) electrons. The van der Waals surface area contributed by atoms with Gasteiger partial charge in [-0.05, 0) is 25.0 Å². The Balaban J connectivity index is 2.44. The van der Waals surface area contributed by atoms with E-state index in [1.54, 1.807) is 12.3 Å². The predicted octanol–water partition coefficient (Wildman–Crippen LogP) is 2.43. The molecular weight excluding hydrogens is 273 g/mol. The maximum absolute atomic E-state index is 12.8. The van der Waals surface area contributed by atoms with Gasteiger partial charge in [0, 0.05) is 18.0 Å². The van der Waals surface area contributed by atoms with Crippen LogP contribution in [0.4, 0.5) is 13.2 Å². The summed E-state index contributed by atoms with van der Waals surface area (Å²) in [6, 6.07) is 1.62. The zero-order valence-electron chi connectivity index (χ0n) is 10.9. The summed E-state index contributed by atoms with van der Waals surface area (Å²) in [5, 5.41) is 3.58. The molecule has 0 bridgehead atoms. The van der Waals surface area contributed by atoms with Crippen molar-refractivity contribution in [1.82, 2.24) is 15.1 Å². The monoisotopic (exact) mass is 286 g/mol. The molecule has 0 amide bonds. The molecule has 2 rings (SSSR count). The Kier molecular flexibility index (Phi) is 3.51. The van der Waals surface area contributed by atoms with Gasteiger partial charge in [-0.1, -0.05) is 12.1 Å². The number of alkyl halides is 3. The average molecular weight is 286 g/mol. The first-order valence-corrected chi connectivity index (χ1v) is 5.90. The van der Waals surface area contributed by atoms with Crippen molar-refractivity contribution in [2.45, 2.75) is 32.0 Å². The van der Waals surface area contributed by atoms with Gasteiger partial charge in [-0.2, -0.15) is 18.2 Å². The highest BCUT2D eigenvalue weighted by Gasteiger charge is 2.53. The summed E-state index contributed by atoms with van der Waals surface area (Å²) in [4.78, 5) is 7.72. The first-order valence-electron chi connectivity index (χ1n) is 5.90. The third kappa shape index (κ3) is 2.38. The van der Waals surface area contributed by atoms with Crippen molar-refractivity contribution >= 4 is 0 Å². The van der Waals surface area contributed by atoms with Gasteiger partial charge in [0.05, 0.1) is 0 Å². The zero-order chi connectivity index (χ0) is 15.0. The first-order chi connectivity index (χ1) is 9.27. The lowest BCUT2D eigenvalue weighted by atomic mass is 10.0. The third-order valence-corrected chi connectivity index (χ3v) is 2.98. The lowest BCUT2D eigenvalue weighted by Gasteiger charge is -2.22. The Morgan fingerprint density at radius 2 is 2.05 bits per heavy atom. The highest BCUT2D eigenvalue weighted by Crippen LogP contribution is 2.36. The van der Waals surface area contributed by atoms with Crippen LogP contribution in [0, 0.1) is 0 Å². The smallest absolute Gasteiger partial charge is 0.337 e. The third-order valence-electron chi connectivity index (χ3n) is 2.98. The molecule has 108 valence electrons. The molecular formula is C12H13F3N4O. The number of aromatic nitrogens is 3. The zero-order valence-corrected chi connectivity index (χ0v) is 10.9. The number of pyridine rings is 1. The molecule has 20 heavy (non-hydrogen) atoms. The van der Waals surface area contributed by atoms with Gasteiger partial charge in [-0.3, -0.25) is 4.98 Å². The molecule has 1 atom stereocenters. The van der Waals surface area contributed by atoms with Gasteiger partial charge in [-0.25, -0.2) is 0 Å². The van der Waals surface area contributed by atoms with E-state index in [0.29, 0.717) is 12.0 Å². The first kappa shape index (κ1) is 14.4. The molecule has 0 aliphatic heterocycles. The van der Waals surface area contributed by atoms with Gasteiger partial charge in [0.25, 0.3) is 5.89 Å². The summed E-state index contributed by atoms with van der Waals surface area (Å²) in [6.07, 6.45) is -0.915. The Morgan fingerprint density at radius 1 is 1.35 bits per heavy atom. The molecule has 0 saturated heterocycles. The lowest BCUT2D eigenvalue weighted by Crippen LogP contribution is -2.47. The Morgan fingerprint density at radius 3 is 2.65 bits per heavy atom. The van der Waals surface area contributed by atoms with Crippen molar-refractivity contribution < 1.29 is 17.7 Å². The standard InChI is InChI=1S/C12H13F3N4O/c1-3-7-6-17-5-4-8(7)9-18-10(20-19-9)11(2,16)12(13,14)15/h4-6H,3,16H2,1-2H3. The number of hydrogen-bond donors (Lipinski definition) is 1. The molecule has 8 heteroatoms. The molecule has 0 aliphatic rings.